The van der Waals surface area contributed by atoms with E-state index in [0.29, 0.717) is 23.2 Å². The number of amides is 1. The molecule has 23 heavy (non-hydrogen) atoms. The summed E-state index contributed by atoms with van der Waals surface area (Å²) in [6.07, 6.45) is 0. The smallest absolute Gasteiger partial charge is 0.254 e. The van der Waals surface area contributed by atoms with Crippen molar-refractivity contribution in [3.8, 4) is 12.1 Å². The molecule has 0 spiro atoms. The maximum absolute atomic E-state index is 12.7. The first-order chi connectivity index (χ1) is 11.1. The second-order valence-corrected chi connectivity index (χ2v) is 5.19. The number of nitriles is 2. The maximum atomic E-state index is 12.7. The lowest BCUT2D eigenvalue weighted by Gasteiger charge is -2.28. The van der Waals surface area contributed by atoms with Crippen LogP contribution in [0.25, 0.3) is 0 Å². The van der Waals surface area contributed by atoms with Gasteiger partial charge in [0.2, 0.25) is 0 Å². The summed E-state index contributed by atoms with van der Waals surface area (Å²) in [5, 5.41) is 17.7. The molecule has 0 saturated carbocycles. The molecule has 2 aromatic rings. The minimum Gasteiger partial charge on any atom is -0.332 e. The molecule has 0 aliphatic carbocycles. The van der Waals surface area contributed by atoms with Crippen LogP contribution in [0.5, 0.6) is 0 Å². The van der Waals surface area contributed by atoms with Gasteiger partial charge in [0.1, 0.15) is 0 Å². The minimum atomic E-state index is -0.101. The predicted molar refractivity (Wildman–Crippen MR) is 87.4 cm³/mol. The molecule has 1 unspecified atom stereocenters. The fraction of sp³-hybridized carbons (Fsp3) is 0.211. The van der Waals surface area contributed by atoms with Crippen LogP contribution in [0.1, 0.15) is 46.9 Å². The first-order valence-corrected chi connectivity index (χ1v) is 7.42. The monoisotopic (exact) mass is 303 g/mol. The Hall–Kier alpha value is -3.11. The van der Waals surface area contributed by atoms with Gasteiger partial charge >= 0.3 is 0 Å². The molecule has 0 aromatic heterocycles. The largest absolute Gasteiger partial charge is 0.332 e. The molecule has 0 N–H and O–H groups in total. The molecular formula is C19H17N3O. The molecule has 0 aliphatic heterocycles. The van der Waals surface area contributed by atoms with Gasteiger partial charge in [-0.25, -0.2) is 0 Å². The molecule has 1 amide bonds. The Morgan fingerprint density at radius 3 is 1.91 bits per heavy atom. The lowest BCUT2D eigenvalue weighted by molar-refractivity contribution is 0.0702. The van der Waals surface area contributed by atoms with E-state index >= 15 is 0 Å². The average molecular weight is 303 g/mol. The van der Waals surface area contributed by atoms with Crippen molar-refractivity contribution in [2.75, 3.05) is 6.54 Å². The quantitative estimate of drug-likeness (QED) is 0.865. The highest BCUT2D eigenvalue weighted by atomic mass is 16.2. The van der Waals surface area contributed by atoms with Gasteiger partial charge in [0.25, 0.3) is 5.91 Å². The standard InChI is InChI=1S/C19H17N3O/c1-3-22(14(2)17-8-4-15(12-20)5-9-17)19(23)18-10-6-16(13-21)7-11-18/h4-11,14H,3H2,1-2H3. The summed E-state index contributed by atoms with van der Waals surface area (Å²) in [5.74, 6) is -0.0751. The molecule has 0 bridgehead atoms. The van der Waals surface area contributed by atoms with Crippen molar-refractivity contribution >= 4 is 5.91 Å². The molecule has 4 heteroatoms. The van der Waals surface area contributed by atoms with Crippen molar-refractivity contribution in [2.24, 2.45) is 0 Å². The first-order valence-electron chi connectivity index (χ1n) is 7.42. The van der Waals surface area contributed by atoms with Gasteiger partial charge in [-0.3, -0.25) is 4.79 Å². The third-order valence-electron chi connectivity index (χ3n) is 3.85. The van der Waals surface area contributed by atoms with Crippen LogP contribution in [0.2, 0.25) is 0 Å². The molecule has 0 heterocycles. The van der Waals surface area contributed by atoms with Crippen LogP contribution >= 0.6 is 0 Å². The van der Waals surface area contributed by atoms with Crippen LogP contribution in [0.4, 0.5) is 0 Å². The summed E-state index contributed by atoms with van der Waals surface area (Å²) in [5.41, 5.74) is 2.67. The van der Waals surface area contributed by atoms with Gasteiger partial charge in [-0.15, -0.1) is 0 Å². The second-order valence-electron chi connectivity index (χ2n) is 5.19. The Balaban J connectivity index is 2.24. The Kier molecular flexibility index (Phi) is 5.12. The highest BCUT2D eigenvalue weighted by Crippen LogP contribution is 2.22. The zero-order valence-corrected chi connectivity index (χ0v) is 13.2. The summed E-state index contributed by atoms with van der Waals surface area (Å²) in [6, 6.07) is 17.9. The van der Waals surface area contributed by atoms with Crippen LogP contribution < -0.4 is 0 Å². The van der Waals surface area contributed by atoms with Crippen molar-refractivity contribution in [3.63, 3.8) is 0 Å². The zero-order valence-electron chi connectivity index (χ0n) is 13.2. The van der Waals surface area contributed by atoms with E-state index in [1.165, 1.54) is 0 Å². The van der Waals surface area contributed by atoms with Gasteiger partial charge in [-0.2, -0.15) is 10.5 Å². The molecule has 2 aromatic carbocycles. The molecular weight excluding hydrogens is 286 g/mol. The van der Waals surface area contributed by atoms with Crippen LogP contribution in [0.15, 0.2) is 48.5 Å². The predicted octanol–water partition coefficient (Wildman–Crippen LogP) is 3.65. The summed E-state index contributed by atoms with van der Waals surface area (Å²) in [7, 11) is 0. The van der Waals surface area contributed by atoms with E-state index in [2.05, 4.69) is 6.07 Å². The van der Waals surface area contributed by atoms with Crippen molar-refractivity contribution in [1.82, 2.24) is 4.90 Å². The molecule has 2 rings (SSSR count). The maximum Gasteiger partial charge on any atom is 0.254 e. The van der Waals surface area contributed by atoms with Gasteiger partial charge in [-0.05, 0) is 55.8 Å². The van der Waals surface area contributed by atoms with E-state index in [9.17, 15) is 4.79 Å². The molecule has 0 saturated heterocycles. The van der Waals surface area contributed by atoms with E-state index in [0.717, 1.165) is 5.56 Å². The summed E-state index contributed by atoms with van der Waals surface area (Å²) in [6.45, 7) is 4.47. The second kappa shape index (κ2) is 7.24. The van der Waals surface area contributed by atoms with E-state index in [-0.39, 0.29) is 11.9 Å². The Morgan fingerprint density at radius 1 is 1.00 bits per heavy atom. The number of nitrogens with zero attached hydrogens (tertiary/aromatic N) is 3. The molecule has 114 valence electrons. The average Bonchev–Trinajstić information content (AvgIpc) is 2.62. The molecule has 0 aliphatic rings. The molecule has 0 radical (unpaired) electrons. The highest BCUT2D eigenvalue weighted by Gasteiger charge is 2.21. The van der Waals surface area contributed by atoms with E-state index in [4.69, 9.17) is 10.5 Å². The van der Waals surface area contributed by atoms with Crippen molar-refractivity contribution in [3.05, 3.63) is 70.8 Å². The SMILES string of the molecule is CCN(C(=O)c1ccc(C#N)cc1)C(C)c1ccc(C#N)cc1. The fourth-order valence-corrected chi connectivity index (χ4v) is 2.46. The van der Waals surface area contributed by atoms with E-state index in [1.807, 2.05) is 32.0 Å². The van der Waals surface area contributed by atoms with E-state index in [1.54, 1.807) is 41.3 Å². The Morgan fingerprint density at radius 2 is 1.48 bits per heavy atom. The normalized spacial score (nSPS) is 11.1. The minimum absolute atomic E-state index is 0.0751. The molecule has 1 atom stereocenters. The number of carbonyl (C=O) groups is 1. The topological polar surface area (TPSA) is 67.9 Å². The third kappa shape index (κ3) is 3.56. The summed E-state index contributed by atoms with van der Waals surface area (Å²) >= 11 is 0. The molecule has 4 nitrogen and oxygen atoms in total. The van der Waals surface area contributed by atoms with E-state index < -0.39 is 0 Å². The number of hydrogen-bond donors (Lipinski definition) is 0. The highest BCUT2D eigenvalue weighted by molar-refractivity contribution is 5.94. The van der Waals surface area contributed by atoms with Crippen LogP contribution in [0, 0.1) is 22.7 Å². The number of benzene rings is 2. The van der Waals surface area contributed by atoms with Crippen LogP contribution in [0.3, 0.4) is 0 Å². The van der Waals surface area contributed by atoms with Crippen molar-refractivity contribution in [1.29, 1.82) is 10.5 Å². The van der Waals surface area contributed by atoms with Gasteiger partial charge < -0.3 is 4.90 Å². The number of carbonyl (C=O) groups excluding carboxylic acids is 1. The molecule has 0 fully saturated rings. The number of rotatable bonds is 4. The zero-order chi connectivity index (χ0) is 16.8. The summed E-state index contributed by atoms with van der Waals surface area (Å²) < 4.78 is 0. The summed E-state index contributed by atoms with van der Waals surface area (Å²) in [4.78, 5) is 14.5. The van der Waals surface area contributed by atoms with Crippen molar-refractivity contribution in [2.45, 2.75) is 19.9 Å². The Labute approximate surface area is 136 Å². The van der Waals surface area contributed by atoms with Gasteiger partial charge in [-0.1, -0.05) is 12.1 Å². The van der Waals surface area contributed by atoms with Gasteiger partial charge in [0, 0.05) is 12.1 Å². The van der Waals surface area contributed by atoms with Crippen LogP contribution in [-0.4, -0.2) is 17.4 Å². The first kappa shape index (κ1) is 16.3. The van der Waals surface area contributed by atoms with Crippen molar-refractivity contribution < 1.29 is 4.79 Å². The number of hydrogen-bond acceptors (Lipinski definition) is 3. The Bertz CT molecular complexity index is 764. The van der Waals surface area contributed by atoms with Crippen LogP contribution in [-0.2, 0) is 0 Å². The van der Waals surface area contributed by atoms with Gasteiger partial charge in [0.05, 0.1) is 29.3 Å². The van der Waals surface area contributed by atoms with Gasteiger partial charge in [0.15, 0.2) is 0 Å². The lowest BCUT2D eigenvalue weighted by Crippen LogP contribution is -2.33. The third-order valence-corrected chi connectivity index (χ3v) is 3.85. The lowest BCUT2D eigenvalue weighted by atomic mass is 10.0. The fourth-order valence-electron chi connectivity index (χ4n) is 2.46.